The second-order valence-electron chi connectivity index (χ2n) is 3.72. The number of rotatable bonds is 1. The second kappa shape index (κ2) is 3.87. The van der Waals surface area contributed by atoms with E-state index in [2.05, 4.69) is 38.2 Å². The van der Waals surface area contributed by atoms with E-state index in [9.17, 15) is 0 Å². The summed E-state index contributed by atoms with van der Waals surface area (Å²) >= 11 is 3.34. The largest absolute Gasteiger partial charge is 0.386 e. The minimum Gasteiger partial charge on any atom is -0.386 e. The van der Waals surface area contributed by atoms with Crippen LogP contribution in [0.5, 0.6) is 0 Å². The van der Waals surface area contributed by atoms with Crippen molar-refractivity contribution < 1.29 is 4.84 Å². The molecular formula is C12H9BrN2O. The fourth-order valence-electron chi connectivity index (χ4n) is 1.82. The molecule has 0 N–H and O–H groups in total. The summed E-state index contributed by atoms with van der Waals surface area (Å²) in [5.74, 6) is 0. The number of halogens is 1. The molecule has 0 aliphatic carbocycles. The van der Waals surface area contributed by atoms with Crippen molar-refractivity contribution in [2.24, 2.45) is 5.16 Å². The van der Waals surface area contributed by atoms with Crippen molar-refractivity contribution in [3.63, 3.8) is 0 Å². The van der Waals surface area contributed by atoms with E-state index in [1.165, 1.54) is 0 Å². The third kappa shape index (κ3) is 1.69. The van der Waals surface area contributed by atoms with E-state index < -0.39 is 0 Å². The molecule has 0 saturated heterocycles. The zero-order chi connectivity index (χ0) is 11.0. The summed E-state index contributed by atoms with van der Waals surface area (Å²) in [6, 6.07) is 10.2. The SMILES string of the molecule is BrC1=NOC(c2ccc3ncccc3c2)C1. The van der Waals surface area contributed by atoms with Crippen molar-refractivity contribution >= 4 is 31.5 Å². The van der Waals surface area contributed by atoms with E-state index >= 15 is 0 Å². The molecule has 0 bridgehead atoms. The summed E-state index contributed by atoms with van der Waals surface area (Å²) in [6.45, 7) is 0. The standard InChI is InChI=1S/C12H9BrN2O/c13-12-7-11(16-15-12)9-3-4-10-8(6-9)2-1-5-14-10/h1-6,11H,7H2. The fraction of sp³-hybridized carbons (Fsp3) is 0.167. The first kappa shape index (κ1) is 9.78. The van der Waals surface area contributed by atoms with Crippen LogP contribution in [-0.2, 0) is 4.84 Å². The molecule has 1 aromatic heterocycles. The zero-order valence-corrected chi connectivity index (χ0v) is 10.0. The zero-order valence-electron chi connectivity index (χ0n) is 8.43. The van der Waals surface area contributed by atoms with Gasteiger partial charge < -0.3 is 4.84 Å². The Bertz CT molecular complexity index is 568. The molecule has 4 heteroatoms. The molecule has 0 saturated carbocycles. The average molecular weight is 277 g/mol. The van der Waals surface area contributed by atoms with Gasteiger partial charge in [-0.2, -0.15) is 0 Å². The quantitative estimate of drug-likeness (QED) is 0.800. The van der Waals surface area contributed by atoms with Crippen LogP contribution in [0.15, 0.2) is 41.7 Å². The van der Waals surface area contributed by atoms with Crippen LogP contribution in [0.25, 0.3) is 10.9 Å². The van der Waals surface area contributed by atoms with Crippen LogP contribution < -0.4 is 0 Å². The van der Waals surface area contributed by atoms with Crippen LogP contribution in [0, 0.1) is 0 Å². The summed E-state index contributed by atoms with van der Waals surface area (Å²) < 4.78 is 0.865. The maximum Gasteiger partial charge on any atom is 0.158 e. The van der Waals surface area contributed by atoms with Crippen LogP contribution in [0.1, 0.15) is 18.1 Å². The molecular weight excluding hydrogens is 268 g/mol. The normalized spacial score (nSPS) is 19.6. The smallest absolute Gasteiger partial charge is 0.158 e. The van der Waals surface area contributed by atoms with Gasteiger partial charge in [0.1, 0.15) is 4.62 Å². The molecule has 3 nitrogen and oxygen atoms in total. The van der Waals surface area contributed by atoms with Crippen molar-refractivity contribution in [3.8, 4) is 0 Å². The molecule has 80 valence electrons. The van der Waals surface area contributed by atoms with E-state index in [0.29, 0.717) is 0 Å². The monoisotopic (exact) mass is 276 g/mol. The molecule has 0 fully saturated rings. The Kier molecular flexibility index (Phi) is 2.36. The van der Waals surface area contributed by atoms with E-state index in [4.69, 9.17) is 4.84 Å². The Morgan fingerprint density at radius 2 is 2.25 bits per heavy atom. The summed E-state index contributed by atoms with van der Waals surface area (Å²) in [5.41, 5.74) is 2.14. The molecule has 0 amide bonds. The van der Waals surface area contributed by atoms with Gasteiger partial charge in [0, 0.05) is 18.0 Å². The highest BCUT2D eigenvalue weighted by molar-refractivity contribution is 9.18. The first-order chi connectivity index (χ1) is 7.83. The Hall–Kier alpha value is -1.42. The fourth-order valence-corrected chi connectivity index (χ4v) is 2.20. The Balaban J connectivity index is 1.99. The van der Waals surface area contributed by atoms with Gasteiger partial charge in [-0.25, -0.2) is 0 Å². The van der Waals surface area contributed by atoms with Gasteiger partial charge in [-0.15, -0.1) is 0 Å². The molecule has 16 heavy (non-hydrogen) atoms. The summed E-state index contributed by atoms with van der Waals surface area (Å²) in [5, 5.41) is 5.02. The number of aromatic nitrogens is 1. The average Bonchev–Trinajstić information content (AvgIpc) is 2.75. The molecule has 1 aliphatic heterocycles. The van der Waals surface area contributed by atoms with E-state index in [0.717, 1.165) is 27.5 Å². The first-order valence-electron chi connectivity index (χ1n) is 5.06. The van der Waals surface area contributed by atoms with Crippen molar-refractivity contribution in [2.75, 3.05) is 0 Å². The predicted octanol–water partition coefficient (Wildman–Crippen LogP) is 3.40. The molecule has 0 spiro atoms. The maximum atomic E-state index is 5.32. The molecule has 0 radical (unpaired) electrons. The third-order valence-electron chi connectivity index (χ3n) is 2.63. The highest BCUT2D eigenvalue weighted by Crippen LogP contribution is 2.30. The summed E-state index contributed by atoms with van der Waals surface area (Å²) in [7, 11) is 0. The van der Waals surface area contributed by atoms with Crippen molar-refractivity contribution in [2.45, 2.75) is 12.5 Å². The van der Waals surface area contributed by atoms with Crippen molar-refractivity contribution in [1.29, 1.82) is 0 Å². The van der Waals surface area contributed by atoms with Gasteiger partial charge in [0.25, 0.3) is 0 Å². The van der Waals surface area contributed by atoms with E-state index in [1.807, 2.05) is 18.2 Å². The molecule has 3 rings (SSSR count). The number of hydrogen-bond acceptors (Lipinski definition) is 3. The number of hydrogen-bond donors (Lipinski definition) is 0. The van der Waals surface area contributed by atoms with Gasteiger partial charge in [-0.05, 0) is 39.7 Å². The van der Waals surface area contributed by atoms with Crippen molar-refractivity contribution in [1.82, 2.24) is 4.98 Å². The van der Waals surface area contributed by atoms with Gasteiger partial charge in [-0.1, -0.05) is 17.3 Å². The number of nitrogens with zero attached hydrogens (tertiary/aromatic N) is 2. The second-order valence-corrected chi connectivity index (χ2v) is 4.64. The highest BCUT2D eigenvalue weighted by atomic mass is 79.9. The number of fused-ring (bicyclic) bond motifs is 1. The molecule has 1 aromatic carbocycles. The van der Waals surface area contributed by atoms with Crippen molar-refractivity contribution in [3.05, 3.63) is 42.1 Å². The van der Waals surface area contributed by atoms with Crippen LogP contribution in [-0.4, -0.2) is 9.60 Å². The molecule has 1 unspecified atom stereocenters. The Morgan fingerprint density at radius 1 is 1.31 bits per heavy atom. The van der Waals surface area contributed by atoms with Crippen LogP contribution >= 0.6 is 15.9 Å². The third-order valence-corrected chi connectivity index (χ3v) is 3.10. The lowest BCUT2D eigenvalue weighted by Crippen LogP contribution is -1.96. The van der Waals surface area contributed by atoms with Crippen LogP contribution in [0.4, 0.5) is 0 Å². The molecule has 1 atom stereocenters. The summed E-state index contributed by atoms with van der Waals surface area (Å²) in [4.78, 5) is 9.61. The van der Waals surface area contributed by atoms with Gasteiger partial charge in [0.15, 0.2) is 6.10 Å². The van der Waals surface area contributed by atoms with Crippen LogP contribution in [0.3, 0.4) is 0 Å². The van der Waals surface area contributed by atoms with Gasteiger partial charge >= 0.3 is 0 Å². The lowest BCUT2D eigenvalue weighted by atomic mass is 10.0. The minimum atomic E-state index is 0.0268. The van der Waals surface area contributed by atoms with E-state index in [-0.39, 0.29) is 6.10 Å². The Labute approximate surface area is 101 Å². The first-order valence-corrected chi connectivity index (χ1v) is 5.85. The number of oxime groups is 1. The molecule has 1 aliphatic rings. The van der Waals surface area contributed by atoms with Gasteiger partial charge in [-0.3, -0.25) is 4.98 Å². The lowest BCUT2D eigenvalue weighted by Gasteiger charge is -2.08. The Morgan fingerprint density at radius 3 is 3.06 bits per heavy atom. The van der Waals surface area contributed by atoms with Gasteiger partial charge in [0.2, 0.25) is 0 Å². The minimum absolute atomic E-state index is 0.0268. The van der Waals surface area contributed by atoms with E-state index in [1.54, 1.807) is 6.20 Å². The predicted molar refractivity (Wildman–Crippen MR) is 66.5 cm³/mol. The topological polar surface area (TPSA) is 34.5 Å². The molecule has 2 heterocycles. The number of benzene rings is 1. The maximum absolute atomic E-state index is 5.32. The van der Waals surface area contributed by atoms with Crippen LogP contribution in [0.2, 0.25) is 0 Å². The lowest BCUT2D eigenvalue weighted by molar-refractivity contribution is 0.0859. The number of pyridine rings is 1. The molecule has 2 aromatic rings. The van der Waals surface area contributed by atoms with Gasteiger partial charge in [0.05, 0.1) is 5.52 Å². The highest BCUT2D eigenvalue weighted by Gasteiger charge is 2.21. The summed E-state index contributed by atoms with van der Waals surface area (Å²) in [6.07, 6.45) is 2.62.